The Hall–Kier alpha value is -1.56. The smallest absolute Gasteiger partial charge is 0.325 e. The Bertz CT molecular complexity index is 496. The van der Waals surface area contributed by atoms with Crippen molar-refractivity contribution in [2.45, 2.75) is 11.8 Å². The van der Waals surface area contributed by atoms with Crippen LogP contribution < -0.4 is 5.32 Å². The number of anilines is 1. The van der Waals surface area contributed by atoms with E-state index in [1.165, 1.54) is 6.07 Å². The average Bonchev–Trinajstić information content (AvgIpc) is 2.26. The van der Waals surface area contributed by atoms with E-state index in [1.807, 2.05) is 0 Å². The van der Waals surface area contributed by atoms with Crippen LogP contribution in [0.4, 0.5) is 5.69 Å². The highest BCUT2D eigenvalue weighted by atomic mass is 32.2. The van der Waals surface area contributed by atoms with Crippen molar-refractivity contribution in [1.29, 1.82) is 0 Å². The summed E-state index contributed by atoms with van der Waals surface area (Å²) in [5, 5.41) is 2.75. The predicted octanol–water partition coefficient (Wildman–Crippen LogP) is 1.07. The van der Waals surface area contributed by atoms with Gasteiger partial charge in [-0.3, -0.25) is 4.79 Å². The fourth-order valence-electron chi connectivity index (χ4n) is 1.32. The number of esters is 1. The lowest BCUT2D eigenvalue weighted by Crippen LogP contribution is -2.18. The number of hydrogen-bond donors (Lipinski definition) is 1. The fourth-order valence-corrected chi connectivity index (χ4v) is 2.18. The molecule has 0 radical (unpaired) electrons. The number of nitrogens with one attached hydrogen (secondary N) is 1. The maximum Gasteiger partial charge on any atom is 0.325 e. The van der Waals surface area contributed by atoms with Crippen LogP contribution in [0, 0.1) is 0 Å². The van der Waals surface area contributed by atoms with E-state index >= 15 is 0 Å². The molecule has 0 fully saturated rings. The van der Waals surface area contributed by atoms with Gasteiger partial charge >= 0.3 is 5.97 Å². The first-order valence-corrected chi connectivity index (χ1v) is 7.03. The summed E-state index contributed by atoms with van der Waals surface area (Å²) in [6.07, 6.45) is 1.12. The SMILES string of the molecule is CCOC(=O)CNc1ccccc1S(C)(=O)=O. The Labute approximate surface area is 101 Å². The molecule has 1 N–H and O–H groups in total. The second kappa shape index (κ2) is 5.67. The van der Waals surface area contributed by atoms with Crippen LogP contribution in [-0.4, -0.2) is 33.8 Å². The number of sulfone groups is 1. The fraction of sp³-hybridized carbons (Fsp3) is 0.364. The monoisotopic (exact) mass is 257 g/mol. The van der Waals surface area contributed by atoms with Crippen LogP contribution in [0.15, 0.2) is 29.2 Å². The van der Waals surface area contributed by atoms with E-state index in [-0.39, 0.29) is 11.4 Å². The van der Waals surface area contributed by atoms with Gasteiger partial charge < -0.3 is 10.1 Å². The molecule has 0 aromatic heterocycles. The lowest BCUT2D eigenvalue weighted by Gasteiger charge is -2.09. The normalized spacial score (nSPS) is 10.9. The predicted molar refractivity (Wildman–Crippen MR) is 64.7 cm³/mol. The zero-order valence-corrected chi connectivity index (χ0v) is 10.6. The van der Waals surface area contributed by atoms with Crippen LogP contribution in [-0.2, 0) is 19.4 Å². The van der Waals surface area contributed by atoms with E-state index in [0.29, 0.717) is 12.3 Å². The maximum absolute atomic E-state index is 11.5. The highest BCUT2D eigenvalue weighted by Crippen LogP contribution is 2.20. The largest absolute Gasteiger partial charge is 0.465 e. The van der Waals surface area contributed by atoms with E-state index in [0.717, 1.165) is 6.26 Å². The standard InChI is InChI=1S/C11H15NO4S/c1-3-16-11(13)8-12-9-6-4-5-7-10(9)17(2,14)15/h4-7,12H,3,8H2,1-2H3. The summed E-state index contributed by atoms with van der Waals surface area (Å²) >= 11 is 0. The molecular weight excluding hydrogens is 242 g/mol. The highest BCUT2D eigenvalue weighted by molar-refractivity contribution is 7.90. The number of rotatable bonds is 5. The lowest BCUT2D eigenvalue weighted by molar-refractivity contribution is -0.140. The maximum atomic E-state index is 11.5. The minimum absolute atomic E-state index is 0.0552. The lowest BCUT2D eigenvalue weighted by atomic mass is 10.3. The Morgan fingerprint density at radius 3 is 2.59 bits per heavy atom. The third-order valence-electron chi connectivity index (χ3n) is 2.02. The molecule has 0 bridgehead atoms. The molecule has 1 rings (SSSR count). The van der Waals surface area contributed by atoms with Crippen LogP contribution in [0.25, 0.3) is 0 Å². The Kier molecular flexibility index (Phi) is 4.51. The van der Waals surface area contributed by atoms with Gasteiger partial charge in [-0.05, 0) is 19.1 Å². The molecule has 0 saturated carbocycles. The molecular formula is C11H15NO4S. The van der Waals surface area contributed by atoms with Crippen molar-refractivity contribution >= 4 is 21.5 Å². The van der Waals surface area contributed by atoms with Gasteiger partial charge in [-0.25, -0.2) is 8.42 Å². The molecule has 0 aliphatic heterocycles. The van der Waals surface area contributed by atoms with E-state index in [9.17, 15) is 13.2 Å². The first-order valence-electron chi connectivity index (χ1n) is 5.13. The minimum Gasteiger partial charge on any atom is -0.465 e. The molecule has 1 aromatic rings. The summed E-state index contributed by atoms with van der Waals surface area (Å²) in [6, 6.07) is 6.42. The molecule has 0 amide bonds. The number of ether oxygens (including phenoxy) is 1. The third-order valence-corrected chi connectivity index (χ3v) is 3.17. The second-order valence-electron chi connectivity index (χ2n) is 3.43. The van der Waals surface area contributed by atoms with E-state index < -0.39 is 15.8 Å². The molecule has 94 valence electrons. The van der Waals surface area contributed by atoms with Crippen molar-refractivity contribution in [2.24, 2.45) is 0 Å². The van der Waals surface area contributed by atoms with Crippen molar-refractivity contribution in [3.8, 4) is 0 Å². The number of para-hydroxylation sites is 1. The van der Waals surface area contributed by atoms with Crippen molar-refractivity contribution < 1.29 is 17.9 Å². The molecule has 0 unspecified atom stereocenters. The Morgan fingerprint density at radius 2 is 2.00 bits per heavy atom. The van der Waals surface area contributed by atoms with Crippen molar-refractivity contribution in [2.75, 3.05) is 24.7 Å². The molecule has 0 aliphatic rings. The van der Waals surface area contributed by atoms with Crippen LogP contribution in [0.2, 0.25) is 0 Å². The summed E-state index contributed by atoms with van der Waals surface area (Å²) in [7, 11) is -3.31. The molecule has 0 heterocycles. The van der Waals surface area contributed by atoms with Gasteiger partial charge in [0.2, 0.25) is 0 Å². The summed E-state index contributed by atoms with van der Waals surface area (Å²) in [6.45, 7) is 1.96. The molecule has 17 heavy (non-hydrogen) atoms. The summed E-state index contributed by atoms with van der Waals surface area (Å²) in [5.74, 6) is -0.421. The van der Waals surface area contributed by atoms with Crippen LogP contribution >= 0.6 is 0 Å². The van der Waals surface area contributed by atoms with Gasteiger partial charge in [0.25, 0.3) is 0 Å². The Morgan fingerprint density at radius 1 is 1.35 bits per heavy atom. The average molecular weight is 257 g/mol. The minimum atomic E-state index is -3.31. The first kappa shape index (κ1) is 13.5. The van der Waals surface area contributed by atoms with E-state index in [1.54, 1.807) is 25.1 Å². The molecule has 5 nitrogen and oxygen atoms in total. The van der Waals surface area contributed by atoms with E-state index in [4.69, 9.17) is 4.74 Å². The quantitative estimate of drug-likeness (QED) is 0.799. The Balaban J connectivity index is 2.82. The zero-order chi connectivity index (χ0) is 12.9. The van der Waals surface area contributed by atoms with E-state index in [2.05, 4.69) is 5.32 Å². The number of hydrogen-bond acceptors (Lipinski definition) is 5. The van der Waals surface area contributed by atoms with Gasteiger partial charge in [-0.1, -0.05) is 12.1 Å². The molecule has 0 saturated heterocycles. The molecule has 6 heteroatoms. The summed E-state index contributed by atoms with van der Waals surface area (Å²) in [5.41, 5.74) is 0.406. The van der Waals surface area contributed by atoms with Crippen LogP contribution in [0.5, 0.6) is 0 Å². The van der Waals surface area contributed by atoms with Gasteiger partial charge in [-0.2, -0.15) is 0 Å². The van der Waals surface area contributed by atoms with Crippen molar-refractivity contribution in [3.05, 3.63) is 24.3 Å². The van der Waals surface area contributed by atoms with Gasteiger partial charge in [-0.15, -0.1) is 0 Å². The van der Waals surface area contributed by atoms with Gasteiger partial charge in [0, 0.05) is 6.26 Å². The van der Waals surface area contributed by atoms with Gasteiger partial charge in [0.1, 0.15) is 6.54 Å². The third kappa shape index (κ3) is 4.07. The summed E-state index contributed by atoms with van der Waals surface area (Å²) < 4.78 is 27.7. The zero-order valence-electron chi connectivity index (χ0n) is 9.76. The number of carbonyl (C=O) groups is 1. The molecule has 0 aliphatic carbocycles. The first-order chi connectivity index (χ1) is 7.95. The van der Waals surface area contributed by atoms with Crippen LogP contribution in [0.3, 0.4) is 0 Å². The summed E-state index contributed by atoms with van der Waals surface area (Å²) in [4.78, 5) is 11.3. The second-order valence-corrected chi connectivity index (χ2v) is 5.41. The highest BCUT2D eigenvalue weighted by Gasteiger charge is 2.13. The number of benzene rings is 1. The molecule has 0 spiro atoms. The van der Waals surface area contributed by atoms with Crippen molar-refractivity contribution in [1.82, 2.24) is 0 Å². The van der Waals surface area contributed by atoms with Crippen LogP contribution in [0.1, 0.15) is 6.92 Å². The molecule has 0 atom stereocenters. The number of carbonyl (C=O) groups excluding carboxylic acids is 1. The molecule has 1 aromatic carbocycles. The van der Waals surface area contributed by atoms with Gasteiger partial charge in [0.05, 0.1) is 17.2 Å². The van der Waals surface area contributed by atoms with Gasteiger partial charge in [0.15, 0.2) is 9.84 Å². The topological polar surface area (TPSA) is 72.5 Å². The van der Waals surface area contributed by atoms with Crippen molar-refractivity contribution in [3.63, 3.8) is 0 Å².